The molecule has 1 unspecified atom stereocenters. The summed E-state index contributed by atoms with van der Waals surface area (Å²) in [7, 11) is 0. The number of benzene rings is 3. The molecule has 0 aliphatic rings. The number of ether oxygens (including phenoxy) is 1. The molecule has 3 aromatic carbocycles. The van der Waals surface area contributed by atoms with Gasteiger partial charge in [0.2, 0.25) is 0 Å². The molecule has 0 amide bonds. The number of aliphatic hydroxyl groups excluding tert-OH is 2. The zero-order chi connectivity index (χ0) is 22.1. The van der Waals surface area contributed by atoms with Crippen LogP contribution in [0, 0.1) is 5.82 Å². The first-order valence-electron chi connectivity index (χ1n) is 10.3. The minimum Gasteiger partial charge on any atom is -0.508 e. The maximum atomic E-state index is 13.2. The average molecular weight is 426 g/mol. The van der Waals surface area contributed by atoms with Crippen LogP contribution in [0.5, 0.6) is 5.75 Å². The number of hydrogen-bond acceptors (Lipinski definition) is 5. The maximum Gasteiger partial charge on any atom is 0.123 e. The van der Waals surface area contributed by atoms with Gasteiger partial charge in [-0.15, -0.1) is 0 Å². The van der Waals surface area contributed by atoms with Crippen LogP contribution in [0.25, 0.3) is 0 Å². The van der Waals surface area contributed by atoms with E-state index in [1.165, 1.54) is 18.2 Å². The third kappa shape index (κ3) is 7.15. The highest BCUT2D eigenvalue weighted by Gasteiger charge is 2.10. The van der Waals surface area contributed by atoms with Crippen LogP contribution in [-0.4, -0.2) is 28.4 Å². The molecular formula is C25H28FNO4. The summed E-state index contributed by atoms with van der Waals surface area (Å²) >= 11 is 0. The fraction of sp³-hybridized carbons (Fsp3) is 0.280. The second-order valence-electron chi connectivity index (χ2n) is 7.46. The number of phenols is 1. The van der Waals surface area contributed by atoms with Gasteiger partial charge in [-0.1, -0.05) is 42.5 Å². The summed E-state index contributed by atoms with van der Waals surface area (Å²) in [5.41, 5.74) is 4.05. The van der Waals surface area contributed by atoms with Crippen LogP contribution in [0.2, 0.25) is 0 Å². The van der Waals surface area contributed by atoms with Gasteiger partial charge in [-0.2, -0.15) is 0 Å². The Bertz CT molecular complexity index is 979. The predicted octanol–water partition coefficient (Wildman–Crippen LogP) is 3.61. The lowest BCUT2D eigenvalue weighted by atomic mass is 10.0. The molecule has 0 saturated carbocycles. The van der Waals surface area contributed by atoms with E-state index in [0.29, 0.717) is 37.4 Å². The summed E-state index contributed by atoms with van der Waals surface area (Å²) in [4.78, 5) is 0. The summed E-state index contributed by atoms with van der Waals surface area (Å²) < 4.78 is 18.9. The van der Waals surface area contributed by atoms with Gasteiger partial charge < -0.3 is 25.4 Å². The molecule has 3 rings (SSSR count). The molecule has 0 bridgehead atoms. The lowest BCUT2D eigenvalue weighted by molar-refractivity contribution is 0.107. The predicted molar refractivity (Wildman–Crippen MR) is 117 cm³/mol. The highest BCUT2D eigenvalue weighted by molar-refractivity contribution is 5.36. The average Bonchev–Trinajstić information content (AvgIpc) is 2.77. The van der Waals surface area contributed by atoms with Gasteiger partial charge in [0.15, 0.2) is 0 Å². The smallest absolute Gasteiger partial charge is 0.123 e. The van der Waals surface area contributed by atoms with Gasteiger partial charge in [-0.25, -0.2) is 4.39 Å². The van der Waals surface area contributed by atoms with Crippen molar-refractivity contribution in [1.29, 1.82) is 0 Å². The summed E-state index contributed by atoms with van der Waals surface area (Å²) in [6.45, 7) is 1.59. The van der Waals surface area contributed by atoms with Crippen molar-refractivity contribution in [2.75, 3.05) is 13.1 Å². The topological polar surface area (TPSA) is 82.0 Å². The Morgan fingerprint density at radius 3 is 2.35 bits per heavy atom. The van der Waals surface area contributed by atoms with Gasteiger partial charge in [0, 0.05) is 12.1 Å². The zero-order valence-electron chi connectivity index (χ0n) is 17.3. The molecule has 0 heterocycles. The fourth-order valence-corrected chi connectivity index (χ4v) is 3.32. The molecule has 4 N–H and O–H groups in total. The van der Waals surface area contributed by atoms with Crippen molar-refractivity contribution < 1.29 is 24.4 Å². The standard InChI is InChI=1S/C25H28FNO4/c26-23-6-2-5-20(12-23)17-31-16-19-4-1-3-18(11-19)9-10-27-14-25(30)21-7-8-24(29)22(13-21)15-28/h1-8,11-13,25,27-30H,9-10,14-17H2. The number of hydrogen-bond donors (Lipinski definition) is 4. The van der Waals surface area contributed by atoms with Gasteiger partial charge in [0.05, 0.1) is 25.9 Å². The van der Waals surface area contributed by atoms with Crippen LogP contribution >= 0.6 is 0 Å². The molecule has 6 heteroatoms. The van der Waals surface area contributed by atoms with Crippen LogP contribution in [0.15, 0.2) is 66.7 Å². The molecule has 0 fully saturated rings. The minimum atomic E-state index is -0.728. The number of rotatable bonds is 11. The Labute approximate surface area is 181 Å². The van der Waals surface area contributed by atoms with E-state index in [1.807, 2.05) is 24.3 Å². The monoisotopic (exact) mass is 425 g/mol. The number of nitrogens with one attached hydrogen (secondary N) is 1. The molecule has 1 atom stereocenters. The van der Waals surface area contributed by atoms with Crippen molar-refractivity contribution >= 4 is 0 Å². The molecule has 3 aromatic rings. The Balaban J connectivity index is 1.41. The third-order valence-corrected chi connectivity index (χ3v) is 5.00. The largest absolute Gasteiger partial charge is 0.508 e. The molecule has 0 aliphatic carbocycles. The molecular weight excluding hydrogens is 397 g/mol. The van der Waals surface area contributed by atoms with E-state index in [2.05, 4.69) is 11.4 Å². The van der Waals surface area contributed by atoms with Crippen molar-refractivity contribution in [2.24, 2.45) is 0 Å². The first kappa shape index (κ1) is 22.9. The van der Waals surface area contributed by atoms with Crippen LogP contribution in [0.3, 0.4) is 0 Å². The second kappa shape index (κ2) is 11.6. The van der Waals surface area contributed by atoms with E-state index in [0.717, 1.165) is 23.1 Å². The summed E-state index contributed by atoms with van der Waals surface area (Å²) in [5, 5.41) is 32.4. The van der Waals surface area contributed by atoms with E-state index in [9.17, 15) is 19.7 Å². The van der Waals surface area contributed by atoms with Crippen LogP contribution in [0.1, 0.15) is 33.9 Å². The summed E-state index contributed by atoms with van der Waals surface area (Å²) in [5.74, 6) is -0.244. The number of aromatic hydroxyl groups is 1. The Morgan fingerprint density at radius 1 is 0.903 bits per heavy atom. The van der Waals surface area contributed by atoms with E-state index in [4.69, 9.17) is 4.74 Å². The number of halogens is 1. The number of aliphatic hydroxyl groups is 2. The molecule has 0 aromatic heterocycles. The Kier molecular flexibility index (Phi) is 8.55. The highest BCUT2D eigenvalue weighted by Crippen LogP contribution is 2.22. The molecule has 5 nitrogen and oxygen atoms in total. The minimum absolute atomic E-state index is 0.0196. The molecule has 0 saturated heterocycles. The quantitative estimate of drug-likeness (QED) is 0.353. The van der Waals surface area contributed by atoms with Gasteiger partial charge >= 0.3 is 0 Å². The molecule has 164 valence electrons. The molecule has 0 spiro atoms. The van der Waals surface area contributed by atoms with Crippen LogP contribution in [0.4, 0.5) is 4.39 Å². The highest BCUT2D eigenvalue weighted by atomic mass is 19.1. The SMILES string of the molecule is OCc1cc(C(O)CNCCc2cccc(COCc3cccc(F)c3)c2)ccc1O. The normalized spacial score (nSPS) is 12.1. The fourth-order valence-electron chi connectivity index (χ4n) is 3.32. The third-order valence-electron chi connectivity index (χ3n) is 5.00. The Morgan fingerprint density at radius 2 is 1.61 bits per heavy atom. The lowest BCUT2D eigenvalue weighted by Gasteiger charge is -2.14. The van der Waals surface area contributed by atoms with Crippen molar-refractivity contribution in [2.45, 2.75) is 32.3 Å². The summed E-state index contributed by atoms with van der Waals surface area (Å²) in [6.07, 6.45) is 0.0653. The zero-order valence-corrected chi connectivity index (χ0v) is 17.3. The van der Waals surface area contributed by atoms with E-state index < -0.39 is 6.10 Å². The van der Waals surface area contributed by atoms with Gasteiger partial charge in [-0.05, 0) is 59.5 Å². The maximum absolute atomic E-state index is 13.2. The van der Waals surface area contributed by atoms with Crippen LogP contribution in [-0.2, 0) is 31.0 Å². The Hall–Kier alpha value is -2.77. The van der Waals surface area contributed by atoms with Gasteiger partial charge in [0.25, 0.3) is 0 Å². The second-order valence-corrected chi connectivity index (χ2v) is 7.46. The van der Waals surface area contributed by atoms with Crippen molar-refractivity contribution in [1.82, 2.24) is 5.32 Å². The van der Waals surface area contributed by atoms with Crippen molar-refractivity contribution in [3.63, 3.8) is 0 Å². The van der Waals surface area contributed by atoms with E-state index in [-0.39, 0.29) is 18.2 Å². The molecule has 31 heavy (non-hydrogen) atoms. The first-order valence-corrected chi connectivity index (χ1v) is 10.3. The van der Waals surface area contributed by atoms with Crippen LogP contribution < -0.4 is 5.32 Å². The van der Waals surface area contributed by atoms with Crippen molar-refractivity contribution in [3.05, 3.63) is 100 Å². The van der Waals surface area contributed by atoms with E-state index in [1.54, 1.807) is 18.2 Å². The van der Waals surface area contributed by atoms with Gasteiger partial charge in [0.1, 0.15) is 11.6 Å². The van der Waals surface area contributed by atoms with E-state index >= 15 is 0 Å². The van der Waals surface area contributed by atoms with Gasteiger partial charge in [-0.3, -0.25) is 0 Å². The van der Waals surface area contributed by atoms with Crippen molar-refractivity contribution in [3.8, 4) is 5.75 Å². The molecule has 0 radical (unpaired) electrons. The lowest BCUT2D eigenvalue weighted by Crippen LogP contribution is -2.23. The molecule has 0 aliphatic heterocycles. The first-order chi connectivity index (χ1) is 15.0. The summed E-state index contributed by atoms with van der Waals surface area (Å²) in [6, 6.07) is 19.2.